The highest BCUT2D eigenvalue weighted by atomic mass is 19.4. The van der Waals surface area contributed by atoms with Crippen molar-refractivity contribution in [3.8, 4) is 11.3 Å². The molecule has 0 radical (unpaired) electrons. The first-order chi connectivity index (χ1) is 9.91. The maximum absolute atomic E-state index is 13.2. The molecule has 0 fully saturated rings. The highest BCUT2D eigenvalue weighted by Gasteiger charge is 2.34. The minimum atomic E-state index is -4.74. The Hall–Kier alpha value is -1.89. The van der Waals surface area contributed by atoms with E-state index in [-0.39, 0.29) is 11.3 Å². The van der Waals surface area contributed by atoms with Crippen LogP contribution in [0.4, 0.5) is 17.6 Å². The van der Waals surface area contributed by atoms with Crippen molar-refractivity contribution < 1.29 is 22.0 Å². The maximum Gasteiger partial charge on any atom is 0.419 e. The Kier molecular flexibility index (Phi) is 4.62. The van der Waals surface area contributed by atoms with E-state index >= 15 is 0 Å². The fraction of sp³-hybridized carbons (Fsp3) is 0.357. The largest absolute Gasteiger partial charge is 0.441 e. The summed E-state index contributed by atoms with van der Waals surface area (Å²) >= 11 is 0. The molecule has 3 nitrogen and oxygen atoms in total. The number of benzene rings is 1. The molecular weight excluding hydrogens is 288 g/mol. The molecule has 0 amide bonds. The molecule has 0 saturated carbocycles. The standard InChI is InChI=1S/C14H14F4N2O/c1-2-19-6-5-13-20-8-12(21-13)9-3-4-11(15)10(7-9)14(16,17)18/h3-4,7-8,19H,2,5-6H2,1H3. The molecule has 0 unspecified atom stereocenters. The van der Waals surface area contributed by atoms with E-state index in [0.29, 0.717) is 18.9 Å². The number of halogens is 4. The van der Waals surface area contributed by atoms with E-state index in [2.05, 4.69) is 10.3 Å². The lowest BCUT2D eigenvalue weighted by molar-refractivity contribution is -0.139. The number of nitrogens with zero attached hydrogens (tertiary/aromatic N) is 1. The molecule has 0 aliphatic carbocycles. The van der Waals surface area contributed by atoms with Gasteiger partial charge in [-0.3, -0.25) is 0 Å². The van der Waals surface area contributed by atoms with Crippen molar-refractivity contribution in [1.29, 1.82) is 0 Å². The number of aromatic nitrogens is 1. The highest BCUT2D eigenvalue weighted by Crippen LogP contribution is 2.34. The molecule has 2 rings (SSSR count). The second-order valence-corrected chi connectivity index (χ2v) is 4.41. The molecule has 1 heterocycles. The number of oxazole rings is 1. The Balaban J connectivity index is 2.22. The van der Waals surface area contributed by atoms with Crippen LogP contribution in [0.15, 0.2) is 28.8 Å². The summed E-state index contributed by atoms with van der Waals surface area (Å²) < 4.78 is 56.6. The van der Waals surface area contributed by atoms with Crippen LogP contribution in [-0.4, -0.2) is 18.1 Å². The molecule has 1 N–H and O–H groups in total. The van der Waals surface area contributed by atoms with E-state index in [1.54, 1.807) is 0 Å². The zero-order valence-corrected chi connectivity index (χ0v) is 11.3. The van der Waals surface area contributed by atoms with Crippen LogP contribution < -0.4 is 5.32 Å². The Bertz CT molecular complexity index is 607. The first-order valence-electron chi connectivity index (χ1n) is 6.44. The summed E-state index contributed by atoms with van der Waals surface area (Å²) in [6, 6.07) is 2.74. The molecule has 1 aromatic carbocycles. The van der Waals surface area contributed by atoms with Gasteiger partial charge in [-0.25, -0.2) is 9.37 Å². The van der Waals surface area contributed by atoms with E-state index < -0.39 is 17.6 Å². The fourth-order valence-corrected chi connectivity index (χ4v) is 1.83. The monoisotopic (exact) mass is 302 g/mol. The first kappa shape index (κ1) is 15.5. The molecule has 0 bridgehead atoms. The summed E-state index contributed by atoms with van der Waals surface area (Å²) in [6.07, 6.45) is -2.87. The van der Waals surface area contributed by atoms with Gasteiger partial charge in [-0.05, 0) is 24.7 Å². The summed E-state index contributed by atoms with van der Waals surface area (Å²) in [7, 11) is 0. The van der Waals surface area contributed by atoms with Gasteiger partial charge in [0.2, 0.25) is 0 Å². The molecule has 2 aromatic rings. The van der Waals surface area contributed by atoms with Crippen LogP contribution in [0.5, 0.6) is 0 Å². The van der Waals surface area contributed by atoms with Gasteiger partial charge >= 0.3 is 6.18 Å². The molecule has 0 saturated heterocycles. The molecule has 7 heteroatoms. The first-order valence-corrected chi connectivity index (χ1v) is 6.44. The molecule has 0 aliphatic rings. The lowest BCUT2D eigenvalue weighted by Crippen LogP contribution is -2.16. The Labute approximate surface area is 119 Å². The summed E-state index contributed by atoms with van der Waals surface area (Å²) in [5, 5.41) is 3.08. The van der Waals surface area contributed by atoms with E-state index in [1.807, 2.05) is 6.92 Å². The van der Waals surface area contributed by atoms with Crippen molar-refractivity contribution in [3.05, 3.63) is 41.7 Å². The lowest BCUT2D eigenvalue weighted by Gasteiger charge is -2.08. The molecule has 0 spiro atoms. The summed E-state index contributed by atoms with van der Waals surface area (Å²) in [5.41, 5.74) is -1.17. The number of nitrogens with one attached hydrogen (secondary N) is 1. The van der Waals surface area contributed by atoms with Gasteiger partial charge in [0.05, 0.1) is 11.8 Å². The molecular formula is C14H14F4N2O. The summed E-state index contributed by atoms with van der Waals surface area (Å²) in [5.74, 6) is -0.700. The second kappa shape index (κ2) is 6.26. The Morgan fingerprint density at radius 2 is 2.05 bits per heavy atom. The van der Waals surface area contributed by atoms with Crippen molar-refractivity contribution in [2.24, 2.45) is 0 Å². The molecule has 21 heavy (non-hydrogen) atoms. The molecule has 0 atom stereocenters. The Morgan fingerprint density at radius 3 is 2.71 bits per heavy atom. The van der Waals surface area contributed by atoms with Gasteiger partial charge in [0.15, 0.2) is 11.7 Å². The van der Waals surface area contributed by atoms with E-state index in [4.69, 9.17) is 4.42 Å². The number of hydrogen-bond acceptors (Lipinski definition) is 3. The van der Waals surface area contributed by atoms with Gasteiger partial charge in [0.25, 0.3) is 0 Å². The zero-order valence-electron chi connectivity index (χ0n) is 11.3. The smallest absolute Gasteiger partial charge is 0.419 e. The van der Waals surface area contributed by atoms with E-state index in [0.717, 1.165) is 18.7 Å². The highest BCUT2D eigenvalue weighted by molar-refractivity contribution is 5.58. The van der Waals surface area contributed by atoms with Crippen molar-refractivity contribution in [3.63, 3.8) is 0 Å². The summed E-state index contributed by atoms with van der Waals surface area (Å²) in [4.78, 5) is 4.00. The average Bonchev–Trinajstić information content (AvgIpc) is 2.87. The van der Waals surface area contributed by atoms with Crippen LogP contribution in [0.3, 0.4) is 0 Å². The number of alkyl halides is 3. The number of likely N-dealkylation sites (N-methyl/N-ethyl adjacent to an activating group) is 1. The SMILES string of the molecule is CCNCCc1ncc(-c2ccc(F)c(C(F)(F)F)c2)o1. The average molecular weight is 302 g/mol. The van der Waals surface area contributed by atoms with Gasteiger partial charge in [0.1, 0.15) is 5.82 Å². The van der Waals surface area contributed by atoms with Crippen LogP contribution >= 0.6 is 0 Å². The topological polar surface area (TPSA) is 38.1 Å². The van der Waals surface area contributed by atoms with Crippen molar-refractivity contribution in [1.82, 2.24) is 10.3 Å². The van der Waals surface area contributed by atoms with Gasteiger partial charge in [-0.1, -0.05) is 6.92 Å². The third-order valence-corrected chi connectivity index (χ3v) is 2.88. The van der Waals surface area contributed by atoms with Crippen molar-refractivity contribution in [2.75, 3.05) is 13.1 Å². The number of rotatable bonds is 5. The molecule has 114 valence electrons. The normalized spacial score (nSPS) is 11.9. The van der Waals surface area contributed by atoms with Crippen molar-refractivity contribution >= 4 is 0 Å². The van der Waals surface area contributed by atoms with Gasteiger partial charge in [-0.15, -0.1) is 0 Å². The predicted octanol–water partition coefficient (Wildman–Crippen LogP) is 3.65. The molecule has 0 aliphatic heterocycles. The fourth-order valence-electron chi connectivity index (χ4n) is 1.83. The minimum Gasteiger partial charge on any atom is -0.441 e. The van der Waals surface area contributed by atoms with Gasteiger partial charge < -0.3 is 9.73 Å². The van der Waals surface area contributed by atoms with Crippen LogP contribution in [0.1, 0.15) is 18.4 Å². The second-order valence-electron chi connectivity index (χ2n) is 4.41. The maximum atomic E-state index is 13.2. The predicted molar refractivity (Wildman–Crippen MR) is 69.1 cm³/mol. The van der Waals surface area contributed by atoms with Gasteiger partial charge in [-0.2, -0.15) is 13.2 Å². The summed E-state index contributed by atoms with van der Waals surface area (Å²) in [6.45, 7) is 3.42. The van der Waals surface area contributed by atoms with Crippen LogP contribution in [-0.2, 0) is 12.6 Å². The molecule has 1 aromatic heterocycles. The number of hydrogen-bond donors (Lipinski definition) is 1. The van der Waals surface area contributed by atoms with Crippen LogP contribution in [0.25, 0.3) is 11.3 Å². The Morgan fingerprint density at radius 1 is 1.29 bits per heavy atom. The van der Waals surface area contributed by atoms with E-state index in [1.165, 1.54) is 12.3 Å². The van der Waals surface area contributed by atoms with Crippen LogP contribution in [0.2, 0.25) is 0 Å². The third-order valence-electron chi connectivity index (χ3n) is 2.88. The van der Waals surface area contributed by atoms with Crippen molar-refractivity contribution in [2.45, 2.75) is 19.5 Å². The zero-order chi connectivity index (χ0) is 15.5. The van der Waals surface area contributed by atoms with Crippen LogP contribution in [0, 0.1) is 5.82 Å². The quantitative estimate of drug-likeness (QED) is 0.677. The van der Waals surface area contributed by atoms with E-state index in [9.17, 15) is 17.6 Å². The van der Waals surface area contributed by atoms with Gasteiger partial charge in [0, 0.05) is 18.5 Å². The minimum absolute atomic E-state index is 0.144. The third kappa shape index (κ3) is 3.81. The lowest BCUT2D eigenvalue weighted by atomic mass is 10.1.